The summed E-state index contributed by atoms with van der Waals surface area (Å²) in [5.41, 5.74) is 8.32. The summed E-state index contributed by atoms with van der Waals surface area (Å²) in [6.07, 6.45) is 1.37. The van der Waals surface area contributed by atoms with Gasteiger partial charge in [-0.2, -0.15) is 0 Å². The number of nitrogens with zero attached hydrogens (tertiary/aromatic N) is 1. The predicted molar refractivity (Wildman–Crippen MR) is 126 cm³/mol. The number of fused-ring (bicyclic) bond motifs is 1. The van der Waals surface area contributed by atoms with Gasteiger partial charge in [-0.25, -0.2) is 0 Å². The van der Waals surface area contributed by atoms with Crippen LogP contribution in [0.1, 0.15) is 17.5 Å². The molecule has 34 heavy (non-hydrogen) atoms. The first kappa shape index (κ1) is 24.8. The average molecular weight is 465 g/mol. The Morgan fingerprint density at radius 3 is 2.53 bits per heavy atom. The van der Waals surface area contributed by atoms with Gasteiger partial charge in [-0.15, -0.1) is 0 Å². The van der Waals surface area contributed by atoms with E-state index in [4.69, 9.17) is 15.2 Å². The molecule has 9 nitrogen and oxygen atoms in total. The van der Waals surface area contributed by atoms with Crippen molar-refractivity contribution in [3.05, 3.63) is 78.0 Å². The zero-order chi connectivity index (χ0) is 24.3. The monoisotopic (exact) mass is 464 g/mol. The standard InChI is InChI=1S/C25H28N4O5/c1-33-16-21(25(32)28-14-19-10-5-9-18-11-6-12-27-23(18)19)29-24(31)20(26)13-22(30)34-15-17-7-3-2-4-8-17/h2-12,20-21H,13-16,26H2,1H3,(H,28,32)(H,29,31)/t20-,21-/m0/s1. The quantitative estimate of drug-likeness (QED) is 0.366. The van der Waals surface area contributed by atoms with Gasteiger partial charge in [0.2, 0.25) is 11.8 Å². The molecule has 0 saturated heterocycles. The molecule has 0 unspecified atom stereocenters. The minimum absolute atomic E-state index is 0.0590. The maximum absolute atomic E-state index is 12.7. The fourth-order valence-corrected chi connectivity index (χ4v) is 3.31. The number of ether oxygens (including phenoxy) is 2. The third kappa shape index (κ3) is 7.09. The van der Waals surface area contributed by atoms with Gasteiger partial charge in [0, 0.05) is 25.2 Å². The van der Waals surface area contributed by atoms with Gasteiger partial charge in [0.15, 0.2) is 0 Å². The second-order valence-electron chi connectivity index (χ2n) is 7.68. The van der Waals surface area contributed by atoms with Crippen molar-refractivity contribution < 1.29 is 23.9 Å². The molecule has 2 aromatic carbocycles. The van der Waals surface area contributed by atoms with Crippen molar-refractivity contribution in [2.24, 2.45) is 5.73 Å². The third-order valence-electron chi connectivity index (χ3n) is 5.10. The number of aromatic nitrogens is 1. The number of para-hydroxylation sites is 1. The molecule has 0 spiro atoms. The lowest BCUT2D eigenvalue weighted by Crippen LogP contribution is -2.53. The molecule has 1 aromatic heterocycles. The van der Waals surface area contributed by atoms with Gasteiger partial charge in [0.25, 0.3) is 0 Å². The summed E-state index contributed by atoms with van der Waals surface area (Å²) < 4.78 is 10.2. The van der Waals surface area contributed by atoms with Crippen LogP contribution in [-0.4, -0.2) is 48.6 Å². The van der Waals surface area contributed by atoms with Crippen LogP contribution in [0.5, 0.6) is 0 Å². The Morgan fingerprint density at radius 2 is 1.76 bits per heavy atom. The van der Waals surface area contributed by atoms with E-state index in [1.165, 1.54) is 7.11 Å². The van der Waals surface area contributed by atoms with Crippen molar-refractivity contribution in [1.82, 2.24) is 15.6 Å². The molecule has 4 N–H and O–H groups in total. The van der Waals surface area contributed by atoms with E-state index >= 15 is 0 Å². The zero-order valence-corrected chi connectivity index (χ0v) is 18.9. The number of benzene rings is 2. The Morgan fingerprint density at radius 1 is 1.00 bits per heavy atom. The van der Waals surface area contributed by atoms with Gasteiger partial charge in [0.1, 0.15) is 12.6 Å². The summed E-state index contributed by atoms with van der Waals surface area (Å²) in [6, 6.07) is 16.5. The second kappa shape index (κ2) is 12.4. The summed E-state index contributed by atoms with van der Waals surface area (Å²) >= 11 is 0. The highest BCUT2D eigenvalue weighted by Gasteiger charge is 2.25. The van der Waals surface area contributed by atoms with Crippen LogP contribution in [0.3, 0.4) is 0 Å². The van der Waals surface area contributed by atoms with E-state index in [1.54, 1.807) is 6.20 Å². The Kier molecular flexibility index (Phi) is 9.07. The van der Waals surface area contributed by atoms with Gasteiger partial charge in [0.05, 0.1) is 24.6 Å². The van der Waals surface area contributed by atoms with Gasteiger partial charge in [-0.1, -0.05) is 54.6 Å². The Hall–Kier alpha value is -3.82. The van der Waals surface area contributed by atoms with Crippen molar-refractivity contribution >= 4 is 28.7 Å². The number of rotatable bonds is 11. The first-order valence-electron chi connectivity index (χ1n) is 10.8. The SMILES string of the molecule is COC[C@H](NC(=O)[C@@H](N)CC(=O)OCc1ccccc1)C(=O)NCc1cccc2cccnc12. The van der Waals surface area contributed by atoms with Gasteiger partial charge in [-0.3, -0.25) is 19.4 Å². The molecule has 0 bridgehead atoms. The fraction of sp³-hybridized carbons (Fsp3) is 0.280. The van der Waals surface area contributed by atoms with Crippen molar-refractivity contribution in [1.29, 1.82) is 0 Å². The Labute approximate surface area is 197 Å². The maximum atomic E-state index is 12.7. The van der Waals surface area contributed by atoms with Crippen LogP contribution in [0.25, 0.3) is 10.9 Å². The zero-order valence-electron chi connectivity index (χ0n) is 18.9. The van der Waals surface area contributed by atoms with Crippen molar-refractivity contribution in [3.8, 4) is 0 Å². The number of carbonyl (C=O) groups excluding carboxylic acids is 3. The van der Waals surface area contributed by atoms with Crippen molar-refractivity contribution in [2.45, 2.75) is 31.7 Å². The molecule has 2 atom stereocenters. The third-order valence-corrected chi connectivity index (χ3v) is 5.10. The molecular formula is C25H28N4O5. The molecule has 0 aliphatic carbocycles. The van der Waals surface area contributed by atoms with Crippen LogP contribution in [0, 0.1) is 0 Å². The first-order valence-corrected chi connectivity index (χ1v) is 10.8. The molecule has 0 radical (unpaired) electrons. The van der Waals surface area contributed by atoms with Crippen LogP contribution >= 0.6 is 0 Å². The van der Waals surface area contributed by atoms with Crippen LogP contribution < -0.4 is 16.4 Å². The van der Waals surface area contributed by atoms with Crippen molar-refractivity contribution in [3.63, 3.8) is 0 Å². The summed E-state index contributed by atoms with van der Waals surface area (Å²) in [4.78, 5) is 41.6. The highest BCUT2D eigenvalue weighted by molar-refractivity contribution is 5.92. The van der Waals surface area contributed by atoms with Crippen molar-refractivity contribution in [2.75, 3.05) is 13.7 Å². The largest absolute Gasteiger partial charge is 0.461 e. The maximum Gasteiger partial charge on any atom is 0.308 e. The lowest BCUT2D eigenvalue weighted by atomic mass is 10.1. The van der Waals surface area contributed by atoms with Crippen LogP contribution in [-0.2, 0) is 37.0 Å². The number of amides is 2. The topological polar surface area (TPSA) is 133 Å². The molecule has 2 amide bonds. The Bertz CT molecular complexity index is 1120. The molecule has 3 rings (SSSR count). The van der Waals surface area contributed by atoms with E-state index in [9.17, 15) is 14.4 Å². The first-order chi connectivity index (χ1) is 16.5. The summed E-state index contributed by atoms with van der Waals surface area (Å²) in [7, 11) is 1.42. The molecular weight excluding hydrogens is 436 g/mol. The van der Waals surface area contributed by atoms with E-state index in [1.807, 2.05) is 60.7 Å². The number of nitrogens with one attached hydrogen (secondary N) is 2. The molecule has 0 saturated carbocycles. The van der Waals surface area contributed by atoms with E-state index in [0.29, 0.717) is 0 Å². The van der Waals surface area contributed by atoms with E-state index in [-0.39, 0.29) is 26.2 Å². The van der Waals surface area contributed by atoms with E-state index < -0.39 is 29.9 Å². The summed E-state index contributed by atoms with van der Waals surface area (Å²) in [5.74, 6) is -1.70. The number of pyridine rings is 1. The average Bonchev–Trinajstić information content (AvgIpc) is 2.86. The number of methoxy groups -OCH3 is 1. The number of hydrogen-bond donors (Lipinski definition) is 3. The van der Waals surface area contributed by atoms with Crippen LogP contribution in [0.4, 0.5) is 0 Å². The lowest BCUT2D eigenvalue weighted by Gasteiger charge is -2.20. The fourth-order valence-electron chi connectivity index (χ4n) is 3.31. The second-order valence-corrected chi connectivity index (χ2v) is 7.68. The van der Waals surface area contributed by atoms with Gasteiger partial charge in [-0.05, 0) is 17.2 Å². The Balaban J connectivity index is 1.51. The molecule has 1 heterocycles. The number of carbonyl (C=O) groups is 3. The smallest absolute Gasteiger partial charge is 0.308 e. The number of esters is 1. The molecule has 178 valence electrons. The normalized spacial score (nSPS) is 12.5. The lowest BCUT2D eigenvalue weighted by molar-refractivity contribution is -0.146. The van der Waals surface area contributed by atoms with Gasteiger partial charge >= 0.3 is 5.97 Å². The summed E-state index contributed by atoms with van der Waals surface area (Å²) in [6.45, 7) is 0.253. The molecule has 0 aliphatic heterocycles. The van der Waals surface area contributed by atoms with E-state index in [2.05, 4.69) is 15.6 Å². The molecule has 9 heteroatoms. The molecule has 0 aliphatic rings. The predicted octanol–water partition coefficient (Wildman–Crippen LogP) is 1.44. The summed E-state index contributed by atoms with van der Waals surface area (Å²) in [5, 5.41) is 6.30. The van der Waals surface area contributed by atoms with Gasteiger partial charge < -0.3 is 25.8 Å². The molecule has 0 fully saturated rings. The number of nitrogens with two attached hydrogens (primary N) is 1. The minimum atomic E-state index is -1.17. The minimum Gasteiger partial charge on any atom is -0.461 e. The van der Waals surface area contributed by atoms with Crippen LogP contribution in [0.15, 0.2) is 66.9 Å². The van der Waals surface area contributed by atoms with Crippen LogP contribution in [0.2, 0.25) is 0 Å². The number of hydrogen-bond acceptors (Lipinski definition) is 7. The highest BCUT2D eigenvalue weighted by Crippen LogP contribution is 2.15. The highest BCUT2D eigenvalue weighted by atomic mass is 16.5. The molecule has 3 aromatic rings. The van der Waals surface area contributed by atoms with E-state index in [0.717, 1.165) is 22.0 Å².